The first-order valence-electron chi connectivity index (χ1n) is 10.8. The minimum absolute atomic E-state index is 0.115. The highest BCUT2D eigenvalue weighted by Crippen LogP contribution is 2.42. The Kier molecular flexibility index (Phi) is 5.92. The number of hydrogen-bond donors (Lipinski definition) is 3. The summed E-state index contributed by atoms with van der Waals surface area (Å²) < 4.78 is 45.0. The van der Waals surface area contributed by atoms with Crippen LogP contribution in [0.25, 0.3) is 0 Å². The van der Waals surface area contributed by atoms with Gasteiger partial charge in [0.05, 0.1) is 17.3 Å². The summed E-state index contributed by atoms with van der Waals surface area (Å²) in [6.45, 7) is 2.98. The quantitative estimate of drug-likeness (QED) is 0.581. The third kappa shape index (κ3) is 5.24. The number of aliphatic hydroxyl groups is 1. The SMILES string of the molecule is CC(F)(F)Oc1ccc(C(NC(=O)N2CC(=O)Nc3cc(C4CC4)cnc32)C(C)(C)O)cc1F. The summed E-state index contributed by atoms with van der Waals surface area (Å²) in [6, 6.07) is 3.08. The lowest BCUT2D eigenvalue weighted by atomic mass is 9.91. The highest BCUT2D eigenvalue weighted by molar-refractivity contribution is 6.08. The molecule has 0 spiro atoms. The van der Waals surface area contributed by atoms with E-state index in [0.717, 1.165) is 35.4 Å². The molecule has 34 heavy (non-hydrogen) atoms. The fourth-order valence-corrected chi connectivity index (χ4v) is 3.84. The van der Waals surface area contributed by atoms with Gasteiger partial charge in [0.1, 0.15) is 6.54 Å². The van der Waals surface area contributed by atoms with Gasteiger partial charge in [-0.1, -0.05) is 6.07 Å². The van der Waals surface area contributed by atoms with E-state index in [-0.39, 0.29) is 17.9 Å². The Morgan fingerprint density at radius 2 is 2.00 bits per heavy atom. The highest BCUT2D eigenvalue weighted by atomic mass is 19.3. The molecule has 2 aliphatic rings. The van der Waals surface area contributed by atoms with Crippen LogP contribution in [0.4, 0.5) is 29.5 Å². The van der Waals surface area contributed by atoms with Gasteiger partial charge < -0.3 is 20.5 Å². The molecule has 1 saturated carbocycles. The topological polar surface area (TPSA) is 104 Å². The monoisotopic (exact) mass is 478 g/mol. The maximum absolute atomic E-state index is 14.5. The number of urea groups is 1. The molecule has 1 aliphatic heterocycles. The van der Waals surface area contributed by atoms with Crippen molar-refractivity contribution in [1.82, 2.24) is 10.3 Å². The van der Waals surface area contributed by atoms with Crippen molar-refractivity contribution < 1.29 is 32.6 Å². The van der Waals surface area contributed by atoms with E-state index in [1.807, 2.05) is 0 Å². The van der Waals surface area contributed by atoms with Crippen molar-refractivity contribution in [3.63, 3.8) is 0 Å². The van der Waals surface area contributed by atoms with Crippen molar-refractivity contribution in [3.8, 4) is 5.75 Å². The number of nitrogens with one attached hydrogen (secondary N) is 2. The van der Waals surface area contributed by atoms with Crippen LogP contribution in [0.2, 0.25) is 0 Å². The maximum Gasteiger partial charge on any atom is 0.395 e. The van der Waals surface area contributed by atoms with Crippen LogP contribution in [0.3, 0.4) is 0 Å². The van der Waals surface area contributed by atoms with Gasteiger partial charge in [-0.3, -0.25) is 9.69 Å². The molecule has 1 aromatic carbocycles. The zero-order valence-electron chi connectivity index (χ0n) is 18.9. The number of carbonyl (C=O) groups excluding carboxylic acids is 2. The first-order valence-corrected chi connectivity index (χ1v) is 10.8. The molecule has 0 saturated heterocycles. The number of carbonyl (C=O) groups is 2. The second kappa shape index (κ2) is 8.46. The normalized spacial score (nSPS) is 17.0. The zero-order valence-corrected chi connectivity index (χ0v) is 18.9. The van der Waals surface area contributed by atoms with E-state index in [9.17, 15) is 27.9 Å². The van der Waals surface area contributed by atoms with Gasteiger partial charge in [0.25, 0.3) is 0 Å². The Hall–Kier alpha value is -3.34. The average Bonchev–Trinajstić information content (AvgIpc) is 3.56. The Labute approximate surface area is 194 Å². The molecule has 11 heteroatoms. The lowest BCUT2D eigenvalue weighted by Crippen LogP contribution is -2.51. The van der Waals surface area contributed by atoms with Gasteiger partial charge in [-0.05, 0) is 61.9 Å². The molecule has 4 rings (SSSR count). The summed E-state index contributed by atoms with van der Waals surface area (Å²) in [5, 5.41) is 16.0. The van der Waals surface area contributed by atoms with Crippen LogP contribution in [0.1, 0.15) is 56.7 Å². The average molecular weight is 478 g/mol. The molecule has 1 aromatic heterocycles. The van der Waals surface area contributed by atoms with Crippen LogP contribution in [0.5, 0.6) is 5.75 Å². The summed E-state index contributed by atoms with van der Waals surface area (Å²) in [4.78, 5) is 30.9. The van der Waals surface area contributed by atoms with Crippen LogP contribution in [-0.4, -0.2) is 40.3 Å². The third-order valence-corrected chi connectivity index (χ3v) is 5.57. The number of halogens is 3. The molecular weight excluding hydrogens is 453 g/mol. The Bertz CT molecular complexity index is 1130. The Morgan fingerprint density at radius 1 is 1.29 bits per heavy atom. The highest BCUT2D eigenvalue weighted by Gasteiger charge is 2.36. The van der Waals surface area contributed by atoms with Crippen LogP contribution in [0, 0.1) is 5.82 Å². The molecule has 2 heterocycles. The molecule has 1 unspecified atom stereocenters. The van der Waals surface area contributed by atoms with Gasteiger partial charge in [-0.15, -0.1) is 0 Å². The van der Waals surface area contributed by atoms with Gasteiger partial charge in [0.2, 0.25) is 5.91 Å². The molecule has 1 aliphatic carbocycles. The number of nitrogens with zero attached hydrogens (tertiary/aromatic N) is 2. The van der Waals surface area contributed by atoms with E-state index in [0.29, 0.717) is 18.5 Å². The maximum atomic E-state index is 14.5. The van der Waals surface area contributed by atoms with Gasteiger partial charge >= 0.3 is 12.1 Å². The number of benzene rings is 1. The van der Waals surface area contributed by atoms with Crippen LogP contribution in [-0.2, 0) is 4.79 Å². The molecule has 1 atom stereocenters. The van der Waals surface area contributed by atoms with Crippen molar-refractivity contribution in [2.24, 2.45) is 0 Å². The third-order valence-electron chi connectivity index (χ3n) is 5.57. The number of anilines is 2. The van der Waals surface area contributed by atoms with E-state index in [1.165, 1.54) is 19.9 Å². The Morgan fingerprint density at radius 3 is 2.59 bits per heavy atom. The number of hydrogen-bond acceptors (Lipinski definition) is 5. The van der Waals surface area contributed by atoms with Crippen molar-refractivity contribution in [3.05, 3.63) is 47.4 Å². The fourth-order valence-electron chi connectivity index (χ4n) is 3.84. The predicted octanol–water partition coefficient (Wildman–Crippen LogP) is 4.07. The summed E-state index contributed by atoms with van der Waals surface area (Å²) in [7, 11) is 0. The van der Waals surface area contributed by atoms with Gasteiger partial charge in [-0.2, -0.15) is 8.78 Å². The predicted molar refractivity (Wildman–Crippen MR) is 117 cm³/mol. The molecular formula is C23H25F3N4O4. The van der Waals surface area contributed by atoms with Crippen LogP contribution < -0.4 is 20.3 Å². The number of pyridine rings is 1. The zero-order chi connectivity index (χ0) is 24.8. The minimum Gasteiger partial charge on any atom is -0.430 e. The first kappa shape index (κ1) is 23.8. The summed E-state index contributed by atoms with van der Waals surface area (Å²) >= 11 is 0. The van der Waals surface area contributed by atoms with E-state index in [2.05, 4.69) is 20.4 Å². The molecule has 3 amide bonds. The van der Waals surface area contributed by atoms with Gasteiger partial charge in [-0.25, -0.2) is 14.2 Å². The number of rotatable bonds is 6. The van der Waals surface area contributed by atoms with Crippen molar-refractivity contribution >= 4 is 23.4 Å². The molecule has 1 fully saturated rings. The lowest BCUT2D eigenvalue weighted by Gasteiger charge is -2.34. The molecule has 0 radical (unpaired) electrons. The molecule has 2 aromatic rings. The standard InChI is InChI=1S/C23H25F3N4O4/c1-22(2,33)19(13-6-7-17(15(24)8-13)34-23(3,25)26)29-21(32)30-11-18(31)28-16-9-14(12-4-5-12)10-27-20(16)30/h6-10,12,19,33H,4-5,11H2,1-3H3,(H,28,31)(H,29,32). The van der Waals surface area contributed by atoms with Crippen molar-refractivity contribution in [1.29, 1.82) is 0 Å². The largest absolute Gasteiger partial charge is 0.430 e. The molecule has 8 nitrogen and oxygen atoms in total. The van der Waals surface area contributed by atoms with E-state index < -0.39 is 41.3 Å². The number of fused-ring (bicyclic) bond motifs is 1. The molecule has 0 bridgehead atoms. The smallest absolute Gasteiger partial charge is 0.395 e. The number of aromatic nitrogens is 1. The Balaban J connectivity index is 1.60. The molecule has 182 valence electrons. The van der Waals surface area contributed by atoms with Gasteiger partial charge in [0, 0.05) is 13.1 Å². The number of ether oxygens (including phenoxy) is 1. The number of amides is 3. The second-order valence-corrected chi connectivity index (χ2v) is 9.18. The van der Waals surface area contributed by atoms with Gasteiger partial charge in [0.15, 0.2) is 17.4 Å². The van der Waals surface area contributed by atoms with Crippen molar-refractivity contribution in [2.45, 2.75) is 57.3 Å². The summed E-state index contributed by atoms with van der Waals surface area (Å²) in [5.41, 5.74) is -0.0813. The van der Waals surface area contributed by atoms with E-state index in [1.54, 1.807) is 12.3 Å². The van der Waals surface area contributed by atoms with Crippen LogP contribution in [0.15, 0.2) is 30.5 Å². The first-order chi connectivity index (χ1) is 15.8. The van der Waals surface area contributed by atoms with Crippen molar-refractivity contribution in [2.75, 3.05) is 16.8 Å². The van der Waals surface area contributed by atoms with E-state index in [4.69, 9.17) is 0 Å². The number of alkyl halides is 2. The van der Waals surface area contributed by atoms with E-state index >= 15 is 0 Å². The summed E-state index contributed by atoms with van der Waals surface area (Å²) in [5.74, 6) is -1.52. The fraction of sp³-hybridized carbons (Fsp3) is 0.435. The lowest BCUT2D eigenvalue weighted by molar-refractivity contribution is -0.160. The second-order valence-electron chi connectivity index (χ2n) is 9.18. The molecule has 3 N–H and O–H groups in total. The van der Waals surface area contributed by atoms with Crippen LogP contribution >= 0.6 is 0 Å². The summed E-state index contributed by atoms with van der Waals surface area (Å²) in [6.07, 6.45) is 0.171. The minimum atomic E-state index is -3.58.